The van der Waals surface area contributed by atoms with Crippen molar-refractivity contribution in [3.63, 3.8) is 0 Å². The molecule has 1 aliphatic heterocycles. The van der Waals surface area contributed by atoms with Crippen LogP contribution in [0.5, 0.6) is 5.88 Å². The third-order valence-electron chi connectivity index (χ3n) is 2.31. The van der Waals surface area contributed by atoms with Crippen LogP contribution >= 0.6 is 11.8 Å². The average Bonchev–Trinajstić information content (AvgIpc) is 2.69. The van der Waals surface area contributed by atoms with E-state index in [4.69, 9.17) is 4.74 Å². The van der Waals surface area contributed by atoms with Gasteiger partial charge in [0.05, 0.1) is 7.11 Å². The summed E-state index contributed by atoms with van der Waals surface area (Å²) in [7, 11) is 1.62. The number of methoxy groups -OCH3 is 1. The number of hydrogen-bond acceptors (Lipinski definition) is 5. The summed E-state index contributed by atoms with van der Waals surface area (Å²) in [5.74, 6) is 4.62. The van der Waals surface area contributed by atoms with E-state index in [9.17, 15) is 0 Å². The first-order chi connectivity index (χ1) is 7.28. The molecule has 1 aromatic rings. The number of aryl methyl sites for hydroxylation is 1. The second-order valence-electron chi connectivity index (χ2n) is 3.55. The van der Waals surface area contributed by atoms with Crippen LogP contribution in [0.4, 0.5) is 5.82 Å². The van der Waals surface area contributed by atoms with E-state index in [2.05, 4.69) is 15.3 Å². The van der Waals surface area contributed by atoms with Gasteiger partial charge in [-0.3, -0.25) is 0 Å². The van der Waals surface area contributed by atoms with Crippen LogP contribution in [0.3, 0.4) is 0 Å². The molecule has 0 spiro atoms. The van der Waals surface area contributed by atoms with Crippen LogP contribution < -0.4 is 10.1 Å². The van der Waals surface area contributed by atoms with Crippen LogP contribution in [0.1, 0.15) is 12.2 Å². The van der Waals surface area contributed by atoms with Crippen LogP contribution in [0.2, 0.25) is 0 Å². The Morgan fingerprint density at radius 2 is 2.40 bits per heavy atom. The fourth-order valence-corrected chi connectivity index (χ4v) is 2.73. The van der Waals surface area contributed by atoms with Gasteiger partial charge in [-0.05, 0) is 19.1 Å². The molecule has 15 heavy (non-hydrogen) atoms. The predicted octanol–water partition coefficient (Wildman–Crippen LogP) is 1.71. The van der Waals surface area contributed by atoms with Crippen LogP contribution in [-0.2, 0) is 0 Å². The lowest BCUT2D eigenvalue weighted by Gasteiger charge is -2.12. The summed E-state index contributed by atoms with van der Waals surface area (Å²) < 4.78 is 5.10. The molecule has 0 aliphatic carbocycles. The summed E-state index contributed by atoms with van der Waals surface area (Å²) in [6, 6.07) is 2.38. The third kappa shape index (κ3) is 2.75. The number of nitrogens with one attached hydrogen (secondary N) is 1. The SMILES string of the molecule is COc1cc(NC2CCSC2)nc(C)n1. The molecule has 1 aliphatic rings. The first kappa shape index (κ1) is 10.5. The standard InChI is InChI=1S/C10H15N3OS/c1-7-11-9(5-10(12-7)14-2)13-8-3-4-15-6-8/h5,8H,3-4,6H2,1-2H3,(H,11,12,13). The van der Waals surface area contributed by atoms with Gasteiger partial charge in [0.25, 0.3) is 0 Å². The van der Waals surface area contributed by atoms with Crippen LogP contribution in [0.15, 0.2) is 6.07 Å². The lowest BCUT2D eigenvalue weighted by molar-refractivity contribution is 0.396. The molecule has 0 radical (unpaired) electrons. The fraction of sp³-hybridized carbons (Fsp3) is 0.600. The molecular weight excluding hydrogens is 210 g/mol. The topological polar surface area (TPSA) is 47.0 Å². The normalized spacial score (nSPS) is 20.3. The van der Waals surface area contributed by atoms with E-state index in [0.29, 0.717) is 11.9 Å². The largest absolute Gasteiger partial charge is 0.481 e. The second-order valence-corrected chi connectivity index (χ2v) is 4.70. The highest BCUT2D eigenvalue weighted by Gasteiger charge is 2.15. The summed E-state index contributed by atoms with van der Waals surface area (Å²) in [5.41, 5.74) is 0. The fourth-order valence-electron chi connectivity index (χ4n) is 1.58. The molecule has 1 atom stereocenters. The van der Waals surface area contributed by atoms with Crippen molar-refractivity contribution in [2.75, 3.05) is 23.9 Å². The van der Waals surface area contributed by atoms with Gasteiger partial charge >= 0.3 is 0 Å². The zero-order chi connectivity index (χ0) is 10.7. The molecule has 1 fully saturated rings. The minimum absolute atomic E-state index is 0.536. The number of nitrogens with zero attached hydrogens (tertiary/aromatic N) is 2. The van der Waals surface area contributed by atoms with Crippen molar-refractivity contribution in [2.24, 2.45) is 0 Å². The molecule has 0 aromatic carbocycles. The summed E-state index contributed by atoms with van der Waals surface area (Å²) in [5, 5.41) is 3.40. The summed E-state index contributed by atoms with van der Waals surface area (Å²) in [4.78, 5) is 8.48. The summed E-state index contributed by atoms with van der Waals surface area (Å²) in [6.45, 7) is 1.87. The number of aromatic nitrogens is 2. The molecule has 0 bridgehead atoms. The van der Waals surface area contributed by atoms with Crippen molar-refractivity contribution in [3.8, 4) is 5.88 Å². The van der Waals surface area contributed by atoms with Gasteiger partial charge in [-0.1, -0.05) is 0 Å². The van der Waals surface area contributed by atoms with E-state index in [1.54, 1.807) is 7.11 Å². The maximum Gasteiger partial charge on any atom is 0.218 e. The quantitative estimate of drug-likeness (QED) is 0.848. The van der Waals surface area contributed by atoms with Gasteiger partial charge in [-0.15, -0.1) is 0 Å². The monoisotopic (exact) mass is 225 g/mol. The van der Waals surface area contributed by atoms with E-state index >= 15 is 0 Å². The van der Waals surface area contributed by atoms with Gasteiger partial charge in [0.15, 0.2) is 0 Å². The molecule has 1 N–H and O–H groups in total. The molecule has 5 heteroatoms. The Morgan fingerprint density at radius 3 is 3.07 bits per heavy atom. The smallest absolute Gasteiger partial charge is 0.218 e. The van der Waals surface area contributed by atoms with Crippen molar-refractivity contribution in [1.82, 2.24) is 9.97 Å². The molecule has 0 amide bonds. The number of ether oxygens (including phenoxy) is 1. The molecule has 1 saturated heterocycles. The lowest BCUT2D eigenvalue weighted by atomic mass is 10.2. The van der Waals surface area contributed by atoms with Crippen molar-refractivity contribution in [3.05, 3.63) is 11.9 Å². The Kier molecular flexibility index (Phi) is 3.30. The number of anilines is 1. The maximum absolute atomic E-state index is 5.10. The van der Waals surface area contributed by atoms with Crippen LogP contribution in [-0.4, -0.2) is 34.6 Å². The Balaban J connectivity index is 2.09. The van der Waals surface area contributed by atoms with Gasteiger partial charge in [0.1, 0.15) is 11.6 Å². The van der Waals surface area contributed by atoms with Crippen molar-refractivity contribution < 1.29 is 4.74 Å². The van der Waals surface area contributed by atoms with Gasteiger partial charge in [0.2, 0.25) is 5.88 Å². The highest BCUT2D eigenvalue weighted by Crippen LogP contribution is 2.21. The van der Waals surface area contributed by atoms with Crippen molar-refractivity contribution >= 4 is 17.6 Å². The molecular formula is C10H15N3OS. The van der Waals surface area contributed by atoms with Gasteiger partial charge in [-0.25, -0.2) is 4.98 Å². The third-order valence-corrected chi connectivity index (χ3v) is 3.47. The van der Waals surface area contributed by atoms with Gasteiger partial charge in [-0.2, -0.15) is 16.7 Å². The molecule has 1 aromatic heterocycles. The number of hydrogen-bond donors (Lipinski definition) is 1. The van der Waals surface area contributed by atoms with E-state index in [1.165, 1.54) is 12.2 Å². The van der Waals surface area contributed by atoms with E-state index in [0.717, 1.165) is 17.4 Å². The zero-order valence-electron chi connectivity index (χ0n) is 8.99. The minimum Gasteiger partial charge on any atom is -0.481 e. The molecule has 4 nitrogen and oxygen atoms in total. The number of rotatable bonds is 3. The predicted molar refractivity (Wildman–Crippen MR) is 62.7 cm³/mol. The highest BCUT2D eigenvalue weighted by molar-refractivity contribution is 7.99. The Morgan fingerprint density at radius 1 is 1.53 bits per heavy atom. The van der Waals surface area contributed by atoms with Gasteiger partial charge in [0, 0.05) is 17.9 Å². The van der Waals surface area contributed by atoms with Crippen LogP contribution in [0, 0.1) is 6.92 Å². The van der Waals surface area contributed by atoms with E-state index < -0.39 is 0 Å². The van der Waals surface area contributed by atoms with Crippen molar-refractivity contribution in [1.29, 1.82) is 0 Å². The highest BCUT2D eigenvalue weighted by atomic mass is 32.2. The molecule has 2 heterocycles. The summed E-state index contributed by atoms with van der Waals surface area (Å²) in [6.07, 6.45) is 1.20. The maximum atomic E-state index is 5.10. The molecule has 1 unspecified atom stereocenters. The summed E-state index contributed by atoms with van der Waals surface area (Å²) >= 11 is 1.98. The van der Waals surface area contributed by atoms with Crippen molar-refractivity contribution in [2.45, 2.75) is 19.4 Å². The first-order valence-corrected chi connectivity index (χ1v) is 6.17. The Labute approximate surface area is 93.8 Å². The lowest BCUT2D eigenvalue weighted by Crippen LogP contribution is -2.19. The van der Waals surface area contributed by atoms with E-state index in [-0.39, 0.29) is 0 Å². The minimum atomic E-state index is 0.536. The first-order valence-electron chi connectivity index (χ1n) is 5.02. The second kappa shape index (κ2) is 4.70. The Hall–Kier alpha value is -0.970. The molecule has 82 valence electrons. The van der Waals surface area contributed by atoms with Gasteiger partial charge < -0.3 is 10.1 Å². The average molecular weight is 225 g/mol. The Bertz CT molecular complexity index is 339. The molecule has 0 saturated carbocycles. The number of thioether (sulfide) groups is 1. The van der Waals surface area contributed by atoms with Crippen LogP contribution in [0.25, 0.3) is 0 Å². The molecule has 2 rings (SSSR count). The van der Waals surface area contributed by atoms with E-state index in [1.807, 2.05) is 24.8 Å². The zero-order valence-corrected chi connectivity index (χ0v) is 9.80.